The molecule has 162 valence electrons. The van der Waals surface area contributed by atoms with E-state index in [9.17, 15) is 31.5 Å². The van der Waals surface area contributed by atoms with Crippen LogP contribution in [-0.2, 0) is 19.6 Å². The van der Waals surface area contributed by atoms with Crippen LogP contribution in [0.3, 0.4) is 0 Å². The summed E-state index contributed by atoms with van der Waals surface area (Å²) in [4.78, 5) is 12.3. The summed E-state index contributed by atoms with van der Waals surface area (Å²) < 4.78 is 74.0. The highest BCUT2D eigenvalue weighted by Crippen LogP contribution is 2.58. The summed E-state index contributed by atoms with van der Waals surface area (Å²) >= 11 is 1.69. The van der Waals surface area contributed by atoms with Crippen LogP contribution in [-0.4, -0.2) is 58.2 Å². The molecular weight excluding hydrogens is 421 g/mol. The van der Waals surface area contributed by atoms with Crippen molar-refractivity contribution in [1.82, 2.24) is 0 Å². The third-order valence-electron chi connectivity index (χ3n) is 6.41. The van der Waals surface area contributed by atoms with E-state index in [0.717, 1.165) is 25.7 Å². The number of carbonyl (C=O) groups is 1. The van der Waals surface area contributed by atoms with Gasteiger partial charge in [-0.25, -0.2) is 4.39 Å². The van der Waals surface area contributed by atoms with Gasteiger partial charge in [-0.1, -0.05) is 6.42 Å². The first-order valence-corrected chi connectivity index (χ1v) is 11.8. The Hall–Kier alpha value is -0.520. The number of rotatable bonds is 7. The molecule has 2 aliphatic heterocycles. The third-order valence-corrected chi connectivity index (χ3v) is 9.11. The van der Waals surface area contributed by atoms with Crippen LogP contribution in [0.5, 0.6) is 0 Å². The lowest BCUT2D eigenvalue weighted by Crippen LogP contribution is -2.41. The second-order valence-corrected chi connectivity index (χ2v) is 11.2. The molecule has 3 fully saturated rings. The summed E-state index contributed by atoms with van der Waals surface area (Å²) in [6.45, 7) is 1.17. The molecule has 2 bridgehead atoms. The van der Waals surface area contributed by atoms with Gasteiger partial charge in [0, 0.05) is 16.9 Å². The van der Waals surface area contributed by atoms with E-state index >= 15 is 0 Å². The quantitative estimate of drug-likeness (QED) is 0.458. The van der Waals surface area contributed by atoms with Crippen molar-refractivity contribution in [3.05, 3.63) is 0 Å². The highest BCUT2D eigenvalue weighted by atomic mass is 32.2. The van der Waals surface area contributed by atoms with Crippen LogP contribution in [0, 0.1) is 17.8 Å². The number of halogens is 3. The van der Waals surface area contributed by atoms with Gasteiger partial charge in [-0.15, -0.1) is 0 Å². The number of ether oxygens (including phenoxy) is 1. The maximum absolute atomic E-state index is 13.4. The predicted octanol–water partition coefficient (Wildman–Crippen LogP) is 2.80. The van der Waals surface area contributed by atoms with Crippen molar-refractivity contribution in [2.24, 2.45) is 17.8 Å². The summed E-state index contributed by atoms with van der Waals surface area (Å²) in [7, 11) is -5.87. The lowest BCUT2D eigenvalue weighted by atomic mass is 9.71. The molecule has 7 unspecified atom stereocenters. The molecule has 0 aromatic rings. The molecule has 0 spiro atoms. The molecular formula is C17H25F3O6S2. The van der Waals surface area contributed by atoms with Crippen molar-refractivity contribution < 1.29 is 40.8 Å². The minimum atomic E-state index is -5.87. The Morgan fingerprint density at radius 1 is 1.36 bits per heavy atom. The number of carbonyl (C=O) groups excluding carboxylic acids is 1. The molecule has 1 saturated carbocycles. The van der Waals surface area contributed by atoms with E-state index in [1.165, 1.54) is 0 Å². The number of esters is 1. The molecule has 7 atom stereocenters. The third kappa shape index (κ3) is 4.04. The molecule has 0 aromatic heterocycles. The molecule has 6 nitrogen and oxygen atoms in total. The van der Waals surface area contributed by atoms with Crippen molar-refractivity contribution in [2.75, 3.05) is 6.61 Å². The number of hydrogen-bond donors (Lipinski definition) is 2. The Kier molecular flexibility index (Phi) is 6.04. The number of fused-ring (bicyclic) bond motifs is 2. The predicted molar refractivity (Wildman–Crippen MR) is 96.3 cm³/mol. The van der Waals surface area contributed by atoms with Crippen LogP contribution in [0.15, 0.2) is 0 Å². The van der Waals surface area contributed by atoms with Crippen molar-refractivity contribution >= 4 is 27.8 Å². The average molecular weight is 447 g/mol. The van der Waals surface area contributed by atoms with Crippen molar-refractivity contribution in [1.29, 1.82) is 0 Å². The zero-order chi connectivity index (χ0) is 20.9. The van der Waals surface area contributed by atoms with Gasteiger partial charge in [0.05, 0.1) is 18.1 Å². The highest BCUT2D eigenvalue weighted by Gasteiger charge is 2.56. The smallest absolute Gasteiger partial charge is 0.400 e. The SMILES string of the molecule is CC1(O)CCCC1C1CC2SC1CC2C(=O)OCCC(F)C(F)(F)S(=O)(=O)O. The van der Waals surface area contributed by atoms with Crippen molar-refractivity contribution in [3.63, 3.8) is 0 Å². The van der Waals surface area contributed by atoms with Crippen LogP contribution >= 0.6 is 11.8 Å². The topological polar surface area (TPSA) is 101 Å². The van der Waals surface area contributed by atoms with Crippen LogP contribution in [0.1, 0.15) is 45.4 Å². The van der Waals surface area contributed by atoms with Crippen molar-refractivity contribution in [3.8, 4) is 0 Å². The fourth-order valence-corrected chi connectivity index (χ4v) is 7.37. The summed E-state index contributed by atoms with van der Waals surface area (Å²) in [6.07, 6.45) is -0.107. The van der Waals surface area contributed by atoms with Gasteiger partial charge >= 0.3 is 21.3 Å². The zero-order valence-corrected chi connectivity index (χ0v) is 17.0. The highest BCUT2D eigenvalue weighted by molar-refractivity contribution is 8.01. The van der Waals surface area contributed by atoms with Gasteiger partial charge in [0.15, 0.2) is 6.17 Å². The van der Waals surface area contributed by atoms with E-state index in [4.69, 9.17) is 9.29 Å². The van der Waals surface area contributed by atoms with E-state index in [0.29, 0.717) is 12.3 Å². The minimum absolute atomic E-state index is 0.0272. The van der Waals surface area contributed by atoms with Crippen LogP contribution in [0.2, 0.25) is 0 Å². The zero-order valence-electron chi connectivity index (χ0n) is 15.4. The molecule has 1 aliphatic carbocycles. The van der Waals surface area contributed by atoms with Crippen molar-refractivity contribution in [2.45, 2.75) is 73.0 Å². The van der Waals surface area contributed by atoms with Crippen LogP contribution < -0.4 is 0 Å². The lowest BCUT2D eigenvalue weighted by Gasteiger charge is -2.36. The first kappa shape index (κ1) is 22.2. The Labute approximate surface area is 166 Å². The fourth-order valence-electron chi connectivity index (χ4n) is 4.92. The van der Waals surface area contributed by atoms with E-state index in [-0.39, 0.29) is 16.4 Å². The maximum Gasteiger partial charge on any atom is 0.400 e. The number of hydrogen-bond acceptors (Lipinski definition) is 6. The molecule has 3 rings (SSSR count). The molecule has 0 radical (unpaired) electrons. The fraction of sp³-hybridized carbons (Fsp3) is 0.941. The standard InChI is InChI=1S/C17H25F3O6S2/c1-16(22)5-2-3-11(16)9-7-13-10(8-12(9)27-13)15(21)26-6-4-14(18)17(19,20)28(23,24)25/h9-14,22H,2-8H2,1H3,(H,23,24,25). The van der Waals surface area contributed by atoms with E-state index in [1.54, 1.807) is 11.8 Å². The van der Waals surface area contributed by atoms with Gasteiger partial charge in [-0.3, -0.25) is 9.35 Å². The molecule has 2 saturated heterocycles. The normalized spacial score (nSPS) is 39.3. The first-order chi connectivity index (χ1) is 12.8. The Morgan fingerprint density at radius 3 is 2.54 bits per heavy atom. The number of thioether (sulfide) groups is 1. The molecule has 0 amide bonds. The molecule has 28 heavy (non-hydrogen) atoms. The van der Waals surface area contributed by atoms with E-state index in [1.807, 2.05) is 6.92 Å². The largest absolute Gasteiger partial charge is 0.465 e. The number of alkyl halides is 3. The van der Waals surface area contributed by atoms with Gasteiger partial charge in [0.2, 0.25) is 0 Å². The second-order valence-electron chi connectivity index (χ2n) is 8.27. The Balaban J connectivity index is 1.48. The van der Waals surface area contributed by atoms with Gasteiger partial charge in [0.25, 0.3) is 0 Å². The van der Waals surface area contributed by atoms with Crippen LogP contribution in [0.25, 0.3) is 0 Å². The summed E-state index contributed by atoms with van der Waals surface area (Å²) in [5.41, 5.74) is -0.680. The Bertz CT molecular complexity index is 714. The molecule has 11 heteroatoms. The molecule has 0 aromatic carbocycles. The van der Waals surface area contributed by atoms with Gasteiger partial charge in [-0.05, 0) is 44.4 Å². The maximum atomic E-state index is 13.4. The second kappa shape index (κ2) is 7.63. The Morgan fingerprint density at radius 2 is 2.04 bits per heavy atom. The molecule has 2 N–H and O–H groups in total. The monoisotopic (exact) mass is 446 g/mol. The van der Waals surface area contributed by atoms with Gasteiger partial charge in [-0.2, -0.15) is 29.0 Å². The summed E-state index contributed by atoms with van der Waals surface area (Å²) in [6, 6.07) is 0. The van der Waals surface area contributed by atoms with Gasteiger partial charge in [0.1, 0.15) is 0 Å². The van der Waals surface area contributed by atoms with E-state index < -0.39 is 52.1 Å². The molecule has 2 heterocycles. The number of aliphatic hydroxyl groups is 1. The lowest BCUT2D eigenvalue weighted by molar-refractivity contribution is -0.150. The minimum Gasteiger partial charge on any atom is -0.465 e. The van der Waals surface area contributed by atoms with Crippen LogP contribution in [0.4, 0.5) is 13.2 Å². The van der Waals surface area contributed by atoms with Gasteiger partial charge < -0.3 is 9.84 Å². The first-order valence-electron chi connectivity index (χ1n) is 9.38. The summed E-state index contributed by atoms with van der Waals surface area (Å²) in [5.74, 6) is -0.459. The molecule has 3 aliphatic rings. The average Bonchev–Trinajstić information content (AvgIpc) is 3.26. The van der Waals surface area contributed by atoms with E-state index in [2.05, 4.69) is 0 Å². The summed E-state index contributed by atoms with van der Waals surface area (Å²) in [5, 5.41) is 5.87.